The third kappa shape index (κ3) is 3.78. The van der Waals surface area contributed by atoms with Crippen LogP contribution in [0.25, 0.3) is 0 Å². The highest BCUT2D eigenvalue weighted by Crippen LogP contribution is 2.27. The summed E-state index contributed by atoms with van der Waals surface area (Å²) < 4.78 is 37.1. The van der Waals surface area contributed by atoms with Crippen LogP contribution in [0.1, 0.15) is 34.2 Å². The van der Waals surface area contributed by atoms with Gasteiger partial charge in [-0.1, -0.05) is 6.92 Å². The van der Waals surface area contributed by atoms with Gasteiger partial charge >= 0.3 is 6.18 Å². The van der Waals surface area contributed by atoms with Crippen molar-refractivity contribution in [3.05, 3.63) is 53.4 Å². The Labute approximate surface area is 124 Å². The number of hydrogen-bond acceptors (Lipinski definition) is 4. The summed E-state index contributed by atoms with van der Waals surface area (Å²) >= 11 is 0. The number of alkyl halides is 3. The van der Waals surface area contributed by atoms with Crippen molar-refractivity contribution in [1.29, 1.82) is 0 Å². The fourth-order valence-electron chi connectivity index (χ4n) is 1.78. The zero-order valence-corrected chi connectivity index (χ0v) is 11.7. The molecule has 0 unspecified atom stereocenters. The number of carbonyl (C=O) groups is 1. The Balaban J connectivity index is 2.02. The minimum atomic E-state index is -4.48. The number of rotatable bonds is 4. The van der Waals surface area contributed by atoms with Crippen LogP contribution in [0.5, 0.6) is 0 Å². The first kappa shape index (κ1) is 15.9. The summed E-state index contributed by atoms with van der Waals surface area (Å²) in [5, 5.41) is 2.58. The number of carbonyl (C=O) groups excluding carboxylic acids is 1. The highest BCUT2D eigenvalue weighted by Gasteiger charge is 2.31. The Morgan fingerprint density at radius 1 is 1.23 bits per heavy atom. The fraction of sp³-hybridized carbons (Fsp3) is 0.286. The molecule has 0 saturated carbocycles. The summed E-state index contributed by atoms with van der Waals surface area (Å²) in [6, 6.07) is 1.59. The van der Waals surface area contributed by atoms with Gasteiger partial charge in [-0.25, -0.2) is 9.97 Å². The third-order valence-electron chi connectivity index (χ3n) is 2.97. The summed E-state index contributed by atoms with van der Waals surface area (Å²) in [5.74, 6) is -0.240. The molecule has 1 N–H and O–H groups in total. The predicted octanol–water partition coefficient (Wildman–Crippen LogP) is 2.38. The standard InChI is InChI=1S/C14H13F3N4O/c1-2-9-5-18-4-3-11(9)13(22)21-8-12-19-6-10(7-20-12)14(15,16)17/h3-7H,2,8H2,1H3,(H,21,22). The average Bonchev–Trinajstić information content (AvgIpc) is 2.52. The number of aromatic nitrogens is 3. The van der Waals surface area contributed by atoms with Gasteiger partial charge in [0.1, 0.15) is 5.82 Å². The van der Waals surface area contributed by atoms with E-state index < -0.39 is 11.7 Å². The molecule has 0 radical (unpaired) electrons. The van der Waals surface area contributed by atoms with Gasteiger partial charge in [0.2, 0.25) is 0 Å². The molecule has 0 bridgehead atoms. The van der Waals surface area contributed by atoms with Crippen molar-refractivity contribution in [2.24, 2.45) is 0 Å². The third-order valence-corrected chi connectivity index (χ3v) is 2.97. The molecule has 0 spiro atoms. The summed E-state index contributed by atoms with van der Waals surface area (Å²) in [5.41, 5.74) is 0.336. The van der Waals surface area contributed by atoms with E-state index in [1.807, 2.05) is 6.92 Å². The first-order chi connectivity index (χ1) is 10.4. The molecule has 0 atom stereocenters. The molecule has 0 aliphatic rings. The lowest BCUT2D eigenvalue weighted by molar-refractivity contribution is -0.138. The quantitative estimate of drug-likeness (QED) is 0.941. The van der Waals surface area contributed by atoms with Gasteiger partial charge in [0, 0.05) is 30.4 Å². The number of aryl methyl sites for hydroxylation is 1. The lowest BCUT2D eigenvalue weighted by atomic mass is 10.1. The van der Waals surface area contributed by atoms with Crippen LogP contribution in [0.4, 0.5) is 13.2 Å². The molecule has 116 valence electrons. The van der Waals surface area contributed by atoms with E-state index in [0.29, 0.717) is 24.4 Å². The predicted molar refractivity (Wildman–Crippen MR) is 71.8 cm³/mol. The van der Waals surface area contributed by atoms with Crippen molar-refractivity contribution in [2.45, 2.75) is 26.1 Å². The van der Waals surface area contributed by atoms with Gasteiger partial charge in [0.05, 0.1) is 12.1 Å². The number of pyridine rings is 1. The number of nitrogens with one attached hydrogen (secondary N) is 1. The molecule has 5 nitrogen and oxygen atoms in total. The van der Waals surface area contributed by atoms with Crippen LogP contribution in [0.15, 0.2) is 30.9 Å². The Bertz CT molecular complexity index is 656. The van der Waals surface area contributed by atoms with Crippen LogP contribution in [0.3, 0.4) is 0 Å². The Morgan fingerprint density at radius 2 is 1.91 bits per heavy atom. The number of nitrogens with zero attached hydrogens (tertiary/aromatic N) is 3. The molecule has 8 heteroatoms. The fourth-order valence-corrected chi connectivity index (χ4v) is 1.78. The van der Waals surface area contributed by atoms with Crippen molar-refractivity contribution in [3.63, 3.8) is 0 Å². The minimum absolute atomic E-state index is 0.0531. The highest BCUT2D eigenvalue weighted by molar-refractivity contribution is 5.95. The molecular weight excluding hydrogens is 297 g/mol. The van der Waals surface area contributed by atoms with Gasteiger partial charge in [-0.3, -0.25) is 9.78 Å². The van der Waals surface area contributed by atoms with Crippen LogP contribution >= 0.6 is 0 Å². The van der Waals surface area contributed by atoms with Crippen LogP contribution in [0.2, 0.25) is 0 Å². The van der Waals surface area contributed by atoms with E-state index in [-0.39, 0.29) is 18.3 Å². The maximum Gasteiger partial charge on any atom is 0.419 e. The van der Waals surface area contributed by atoms with Crippen molar-refractivity contribution in [2.75, 3.05) is 0 Å². The highest BCUT2D eigenvalue weighted by atomic mass is 19.4. The zero-order valence-electron chi connectivity index (χ0n) is 11.7. The molecule has 22 heavy (non-hydrogen) atoms. The van der Waals surface area contributed by atoms with Gasteiger partial charge in [-0.2, -0.15) is 13.2 Å². The molecule has 0 fully saturated rings. The molecule has 2 aromatic heterocycles. The molecule has 0 saturated heterocycles. The maximum atomic E-state index is 12.4. The van der Waals surface area contributed by atoms with Crippen molar-refractivity contribution in [3.8, 4) is 0 Å². The van der Waals surface area contributed by atoms with E-state index in [1.54, 1.807) is 12.3 Å². The molecule has 2 heterocycles. The van der Waals surface area contributed by atoms with Crippen molar-refractivity contribution in [1.82, 2.24) is 20.3 Å². The summed E-state index contributed by atoms with van der Waals surface area (Å²) in [6.07, 6.45) is 0.658. The second-order valence-electron chi connectivity index (χ2n) is 4.45. The number of hydrogen-bond donors (Lipinski definition) is 1. The van der Waals surface area contributed by atoms with Gasteiger partial charge in [-0.15, -0.1) is 0 Å². The van der Waals surface area contributed by atoms with E-state index in [0.717, 1.165) is 5.56 Å². The molecule has 0 aliphatic carbocycles. The van der Waals surface area contributed by atoms with Gasteiger partial charge in [0.25, 0.3) is 5.91 Å². The number of halogens is 3. The lowest BCUT2D eigenvalue weighted by Gasteiger charge is -2.09. The SMILES string of the molecule is CCc1cnccc1C(=O)NCc1ncc(C(F)(F)F)cn1. The minimum Gasteiger partial charge on any atom is -0.345 e. The number of amides is 1. The molecule has 0 aliphatic heterocycles. The first-order valence-electron chi connectivity index (χ1n) is 6.51. The van der Waals surface area contributed by atoms with E-state index in [1.165, 1.54) is 6.20 Å². The second kappa shape index (κ2) is 6.50. The van der Waals surface area contributed by atoms with Crippen molar-refractivity contribution < 1.29 is 18.0 Å². The van der Waals surface area contributed by atoms with Crippen LogP contribution in [-0.4, -0.2) is 20.9 Å². The Morgan fingerprint density at radius 3 is 2.50 bits per heavy atom. The Hall–Kier alpha value is -2.51. The van der Waals surface area contributed by atoms with Crippen LogP contribution < -0.4 is 5.32 Å². The molecule has 2 aromatic rings. The smallest absolute Gasteiger partial charge is 0.345 e. The lowest BCUT2D eigenvalue weighted by Crippen LogP contribution is -2.25. The first-order valence-corrected chi connectivity index (χ1v) is 6.51. The summed E-state index contributed by atoms with van der Waals surface area (Å²) in [7, 11) is 0. The molecule has 0 aromatic carbocycles. The monoisotopic (exact) mass is 310 g/mol. The van der Waals surface area contributed by atoms with E-state index in [4.69, 9.17) is 0 Å². The van der Waals surface area contributed by atoms with E-state index >= 15 is 0 Å². The van der Waals surface area contributed by atoms with Gasteiger partial charge in [-0.05, 0) is 18.1 Å². The topological polar surface area (TPSA) is 67.8 Å². The molecular formula is C14H13F3N4O. The summed E-state index contributed by atoms with van der Waals surface area (Å²) in [4.78, 5) is 23.2. The van der Waals surface area contributed by atoms with Gasteiger partial charge in [0.15, 0.2) is 0 Å². The normalized spacial score (nSPS) is 11.3. The van der Waals surface area contributed by atoms with Gasteiger partial charge < -0.3 is 5.32 Å². The Kier molecular flexibility index (Phi) is 4.69. The zero-order chi connectivity index (χ0) is 16.2. The molecule has 1 amide bonds. The largest absolute Gasteiger partial charge is 0.419 e. The molecule has 2 rings (SSSR count). The summed E-state index contributed by atoms with van der Waals surface area (Å²) in [6.45, 7) is 1.84. The maximum absolute atomic E-state index is 12.4. The van der Waals surface area contributed by atoms with Crippen molar-refractivity contribution >= 4 is 5.91 Å². The second-order valence-corrected chi connectivity index (χ2v) is 4.45. The van der Waals surface area contributed by atoms with Crippen LogP contribution in [-0.2, 0) is 19.1 Å². The van der Waals surface area contributed by atoms with E-state index in [2.05, 4.69) is 20.3 Å². The average molecular weight is 310 g/mol. The van der Waals surface area contributed by atoms with E-state index in [9.17, 15) is 18.0 Å². The van der Waals surface area contributed by atoms with Crippen LogP contribution in [0, 0.1) is 0 Å².